The summed E-state index contributed by atoms with van der Waals surface area (Å²) in [6.07, 6.45) is 0.345. The third-order valence-corrected chi connectivity index (χ3v) is 3.91. The standard InChI is InChI=1S/C15H20FNO3/c1-15(2,20)11-3-4-12(13(16)9-11)10-5-7-17(8-6-10)14(18)19/h3-4,9-10,20H,5-8H2,1-2H3,(H,18,19). The number of likely N-dealkylation sites (tertiary alicyclic amines) is 1. The number of hydrogen-bond donors (Lipinski definition) is 2. The van der Waals surface area contributed by atoms with Gasteiger partial charge in [0.2, 0.25) is 0 Å². The molecule has 1 aromatic rings. The molecule has 1 aliphatic heterocycles. The lowest BCUT2D eigenvalue weighted by Gasteiger charge is -2.30. The van der Waals surface area contributed by atoms with E-state index in [2.05, 4.69) is 0 Å². The second-order valence-electron chi connectivity index (χ2n) is 5.84. The van der Waals surface area contributed by atoms with Gasteiger partial charge in [0.25, 0.3) is 0 Å². The van der Waals surface area contributed by atoms with Gasteiger partial charge >= 0.3 is 6.09 Å². The van der Waals surface area contributed by atoms with Crippen molar-refractivity contribution in [3.63, 3.8) is 0 Å². The molecule has 0 bridgehead atoms. The van der Waals surface area contributed by atoms with Gasteiger partial charge in [0.1, 0.15) is 5.82 Å². The Labute approximate surface area is 117 Å². The predicted octanol–water partition coefficient (Wildman–Crippen LogP) is 2.91. The second kappa shape index (κ2) is 5.40. The van der Waals surface area contributed by atoms with Crippen LogP contribution in [0.1, 0.15) is 43.7 Å². The zero-order valence-electron chi connectivity index (χ0n) is 11.8. The molecule has 0 atom stereocenters. The summed E-state index contributed by atoms with van der Waals surface area (Å²) in [6.45, 7) is 4.11. The number of piperidine rings is 1. The van der Waals surface area contributed by atoms with E-state index >= 15 is 0 Å². The van der Waals surface area contributed by atoms with Gasteiger partial charge in [-0.1, -0.05) is 12.1 Å². The first-order valence-corrected chi connectivity index (χ1v) is 6.79. The SMILES string of the molecule is CC(C)(O)c1ccc(C2CCN(C(=O)O)CC2)c(F)c1. The molecular formula is C15H20FNO3. The van der Waals surface area contributed by atoms with Crippen molar-refractivity contribution in [2.24, 2.45) is 0 Å². The maximum absolute atomic E-state index is 14.2. The number of hydrogen-bond acceptors (Lipinski definition) is 2. The summed E-state index contributed by atoms with van der Waals surface area (Å²) in [5, 5.41) is 18.8. The molecule has 0 saturated carbocycles. The van der Waals surface area contributed by atoms with E-state index in [1.165, 1.54) is 11.0 Å². The Kier molecular flexibility index (Phi) is 3.99. The molecule has 1 amide bonds. The number of nitrogens with zero attached hydrogens (tertiary/aromatic N) is 1. The molecule has 1 heterocycles. The Morgan fingerprint density at radius 1 is 1.35 bits per heavy atom. The van der Waals surface area contributed by atoms with E-state index in [4.69, 9.17) is 5.11 Å². The summed E-state index contributed by atoms with van der Waals surface area (Å²) in [6, 6.07) is 4.82. The average Bonchev–Trinajstić information content (AvgIpc) is 2.37. The van der Waals surface area contributed by atoms with Crippen molar-refractivity contribution < 1.29 is 19.4 Å². The summed E-state index contributed by atoms with van der Waals surface area (Å²) < 4.78 is 14.2. The molecule has 0 radical (unpaired) electrons. The fraction of sp³-hybridized carbons (Fsp3) is 0.533. The molecule has 0 aliphatic carbocycles. The van der Waals surface area contributed by atoms with Gasteiger partial charge in [0.15, 0.2) is 0 Å². The summed E-state index contributed by atoms with van der Waals surface area (Å²) in [5.74, 6) is -0.278. The van der Waals surface area contributed by atoms with Gasteiger partial charge in [-0.2, -0.15) is 0 Å². The van der Waals surface area contributed by atoms with Crippen LogP contribution in [0, 0.1) is 5.82 Å². The van der Waals surface area contributed by atoms with Gasteiger partial charge in [0.05, 0.1) is 5.60 Å². The number of carbonyl (C=O) groups is 1. The maximum Gasteiger partial charge on any atom is 0.407 e. The molecule has 2 N–H and O–H groups in total. The molecule has 1 fully saturated rings. The third kappa shape index (κ3) is 3.10. The number of aliphatic hydroxyl groups is 1. The molecule has 2 rings (SSSR count). The first kappa shape index (κ1) is 14.8. The molecule has 1 aliphatic rings. The summed E-state index contributed by atoms with van der Waals surface area (Å²) in [4.78, 5) is 12.2. The number of benzene rings is 1. The molecule has 5 heteroatoms. The van der Waals surface area contributed by atoms with Crippen LogP contribution in [0.3, 0.4) is 0 Å². The number of carboxylic acid groups (broad SMARTS) is 1. The first-order chi connectivity index (χ1) is 9.29. The average molecular weight is 281 g/mol. The topological polar surface area (TPSA) is 60.8 Å². The monoisotopic (exact) mass is 281 g/mol. The summed E-state index contributed by atoms with van der Waals surface area (Å²) in [5.41, 5.74) is 0.0937. The third-order valence-electron chi connectivity index (χ3n) is 3.91. The lowest BCUT2D eigenvalue weighted by molar-refractivity contribution is 0.0781. The molecule has 0 aromatic heterocycles. The number of amides is 1. The number of rotatable bonds is 2. The van der Waals surface area contributed by atoms with Crippen LogP contribution >= 0.6 is 0 Å². The normalized spacial score (nSPS) is 17.3. The minimum absolute atomic E-state index is 0.0430. The largest absolute Gasteiger partial charge is 0.465 e. The Morgan fingerprint density at radius 2 is 1.95 bits per heavy atom. The zero-order valence-corrected chi connectivity index (χ0v) is 11.8. The van der Waals surface area contributed by atoms with Gasteiger partial charge in [-0.3, -0.25) is 0 Å². The quantitative estimate of drug-likeness (QED) is 0.876. The van der Waals surface area contributed by atoms with Crippen molar-refractivity contribution in [2.45, 2.75) is 38.2 Å². The van der Waals surface area contributed by atoms with E-state index in [0.717, 1.165) is 0 Å². The van der Waals surface area contributed by atoms with Crippen LogP contribution in [-0.2, 0) is 5.60 Å². The van der Waals surface area contributed by atoms with Crippen LogP contribution in [0.15, 0.2) is 18.2 Å². The Bertz CT molecular complexity index is 502. The lowest BCUT2D eigenvalue weighted by Crippen LogP contribution is -2.37. The van der Waals surface area contributed by atoms with Crippen LogP contribution < -0.4 is 0 Å². The van der Waals surface area contributed by atoms with Crippen molar-refractivity contribution in [1.82, 2.24) is 4.90 Å². The molecule has 0 unspecified atom stereocenters. The Morgan fingerprint density at radius 3 is 2.40 bits per heavy atom. The molecular weight excluding hydrogens is 261 g/mol. The fourth-order valence-electron chi connectivity index (χ4n) is 2.62. The minimum atomic E-state index is -1.06. The zero-order chi connectivity index (χ0) is 14.9. The highest BCUT2D eigenvalue weighted by Gasteiger charge is 2.26. The van der Waals surface area contributed by atoms with Gasteiger partial charge in [-0.15, -0.1) is 0 Å². The highest BCUT2D eigenvalue weighted by molar-refractivity contribution is 5.65. The van der Waals surface area contributed by atoms with Crippen molar-refractivity contribution in [3.05, 3.63) is 35.1 Å². The van der Waals surface area contributed by atoms with E-state index in [1.54, 1.807) is 26.0 Å². The van der Waals surface area contributed by atoms with E-state index in [9.17, 15) is 14.3 Å². The summed E-state index contributed by atoms with van der Waals surface area (Å²) in [7, 11) is 0. The van der Waals surface area contributed by atoms with Crippen molar-refractivity contribution >= 4 is 6.09 Å². The van der Waals surface area contributed by atoms with Crippen molar-refractivity contribution in [2.75, 3.05) is 13.1 Å². The van der Waals surface area contributed by atoms with E-state index in [1.807, 2.05) is 0 Å². The van der Waals surface area contributed by atoms with Gasteiger partial charge in [0, 0.05) is 13.1 Å². The smallest absolute Gasteiger partial charge is 0.407 e. The van der Waals surface area contributed by atoms with E-state index < -0.39 is 11.7 Å². The van der Waals surface area contributed by atoms with Crippen LogP contribution in [-0.4, -0.2) is 34.3 Å². The highest BCUT2D eigenvalue weighted by Crippen LogP contribution is 2.32. The van der Waals surface area contributed by atoms with Crippen molar-refractivity contribution in [3.8, 4) is 0 Å². The lowest BCUT2D eigenvalue weighted by atomic mass is 9.87. The molecule has 1 aromatic carbocycles. The first-order valence-electron chi connectivity index (χ1n) is 6.79. The van der Waals surface area contributed by atoms with Crippen LogP contribution in [0.2, 0.25) is 0 Å². The Hall–Kier alpha value is -1.62. The molecule has 20 heavy (non-hydrogen) atoms. The van der Waals surface area contributed by atoms with Crippen LogP contribution in [0.5, 0.6) is 0 Å². The molecule has 0 spiro atoms. The van der Waals surface area contributed by atoms with Crippen LogP contribution in [0.4, 0.5) is 9.18 Å². The Balaban J connectivity index is 2.13. The van der Waals surface area contributed by atoms with Gasteiger partial charge in [-0.25, -0.2) is 9.18 Å². The minimum Gasteiger partial charge on any atom is -0.465 e. The van der Waals surface area contributed by atoms with E-state index in [-0.39, 0.29) is 11.7 Å². The van der Waals surface area contributed by atoms with Crippen molar-refractivity contribution in [1.29, 1.82) is 0 Å². The second-order valence-corrected chi connectivity index (χ2v) is 5.84. The summed E-state index contributed by atoms with van der Waals surface area (Å²) >= 11 is 0. The van der Waals surface area contributed by atoms with Crippen LogP contribution in [0.25, 0.3) is 0 Å². The molecule has 110 valence electrons. The highest BCUT2D eigenvalue weighted by atomic mass is 19.1. The number of halogens is 1. The molecule has 1 saturated heterocycles. The molecule has 4 nitrogen and oxygen atoms in total. The fourth-order valence-corrected chi connectivity index (χ4v) is 2.62. The van der Waals surface area contributed by atoms with Gasteiger partial charge in [-0.05, 0) is 49.8 Å². The van der Waals surface area contributed by atoms with E-state index in [0.29, 0.717) is 37.1 Å². The van der Waals surface area contributed by atoms with Gasteiger partial charge < -0.3 is 15.1 Å². The maximum atomic E-state index is 14.2. The predicted molar refractivity (Wildman–Crippen MR) is 73.2 cm³/mol.